The molecular formula is C10H8N4O2S. The minimum Gasteiger partial charge on any atom is -0.292 e. The molecule has 86 valence electrons. The Balaban J connectivity index is 2.18. The van der Waals surface area contributed by atoms with E-state index in [1.165, 1.54) is 11.3 Å². The van der Waals surface area contributed by atoms with Crippen LogP contribution in [0.15, 0.2) is 17.8 Å². The summed E-state index contributed by atoms with van der Waals surface area (Å²) in [7, 11) is 0. The SMILES string of the molecule is Cc1csc(-c2cnc(NC(=O)C=O)nc2)n1. The van der Waals surface area contributed by atoms with Crippen LogP contribution in [0.5, 0.6) is 0 Å². The van der Waals surface area contributed by atoms with E-state index in [1.807, 2.05) is 12.3 Å². The van der Waals surface area contributed by atoms with Crippen molar-refractivity contribution < 1.29 is 9.59 Å². The van der Waals surface area contributed by atoms with Gasteiger partial charge < -0.3 is 0 Å². The molecule has 2 aromatic heterocycles. The summed E-state index contributed by atoms with van der Waals surface area (Å²) in [5.74, 6) is -0.679. The maximum absolute atomic E-state index is 10.8. The molecule has 0 aromatic carbocycles. The highest BCUT2D eigenvalue weighted by Gasteiger charge is 2.06. The third kappa shape index (κ3) is 2.70. The number of anilines is 1. The molecule has 0 aliphatic heterocycles. The molecule has 1 amide bonds. The van der Waals surface area contributed by atoms with Gasteiger partial charge in [-0.3, -0.25) is 14.9 Å². The van der Waals surface area contributed by atoms with Crippen molar-refractivity contribution in [2.75, 3.05) is 5.32 Å². The van der Waals surface area contributed by atoms with Gasteiger partial charge in [0.25, 0.3) is 5.91 Å². The molecule has 0 saturated carbocycles. The van der Waals surface area contributed by atoms with Crippen molar-refractivity contribution in [3.05, 3.63) is 23.5 Å². The number of rotatable bonds is 3. The minimum absolute atomic E-state index is 0.0964. The van der Waals surface area contributed by atoms with Crippen molar-refractivity contribution in [2.24, 2.45) is 0 Å². The monoisotopic (exact) mass is 248 g/mol. The molecule has 0 spiro atoms. The second-order valence-corrected chi connectivity index (χ2v) is 4.05. The highest BCUT2D eigenvalue weighted by Crippen LogP contribution is 2.22. The van der Waals surface area contributed by atoms with Crippen LogP contribution in [0.2, 0.25) is 0 Å². The summed E-state index contributed by atoms with van der Waals surface area (Å²) < 4.78 is 0. The van der Waals surface area contributed by atoms with E-state index < -0.39 is 5.91 Å². The summed E-state index contributed by atoms with van der Waals surface area (Å²) in [4.78, 5) is 33.0. The maximum Gasteiger partial charge on any atom is 0.290 e. The first kappa shape index (κ1) is 11.3. The molecule has 0 fully saturated rings. The molecular weight excluding hydrogens is 240 g/mol. The number of aromatic nitrogens is 3. The molecule has 6 nitrogen and oxygen atoms in total. The van der Waals surface area contributed by atoms with Crippen LogP contribution in [0.4, 0.5) is 5.95 Å². The van der Waals surface area contributed by atoms with Crippen LogP contribution in [0, 0.1) is 6.92 Å². The van der Waals surface area contributed by atoms with Crippen LogP contribution in [0.25, 0.3) is 10.6 Å². The number of amides is 1. The topological polar surface area (TPSA) is 84.8 Å². The van der Waals surface area contributed by atoms with Gasteiger partial charge in [0.2, 0.25) is 12.2 Å². The standard InChI is InChI=1S/C10H8N4O2S/c1-6-5-17-9(13-6)7-2-11-10(12-3-7)14-8(16)4-15/h2-5H,1H3,(H,11,12,14,16). The molecule has 2 rings (SSSR count). The van der Waals surface area contributed by atoms with E-state index in [1.54, 1.807) is 12.4 Å². The second kappa shape index (κ2) is 4.79. The number of carbonyl (C=O) groups excluding carboxylic acids is 2. The predicted molar refractivity (Wildman–Crippen MR) is 62.6 cm³/mol. The van der Waals surface area contributed by atoms with Gasteiger partial charge in [0.15, 0.2) is 0 Å². The van der Waals surface area contributed by atoms with E-state index in [-0.39, 0.29) is 12.2 Å². The third-order valence-corrected chi connectivity index (χ3v) is 2.87. The Labute approximate surface area is 101 Å². The lowest BCUT2D eigenvalue weighted by Gasteiger charge is -1.99. The summed E-state index contributed by atoms with van der Waals surface area (Å²) in [5.41, 5.74) is 1.70. The number of aldehydes is 1. The average Bonchev–Trinajstić information content (AvgIpc) is 2.77. The zero-order valence-corrected chi connectivity index (χ0v) is 9.69. The van der Waals surface area contributed by atoms with Gasteiger partial charge in [0, 0.05) is 29.0 Å². The molecule has 0 aliphatic carbocycles. The maximum atomic E-state index is 10.8. The number of carbonyl (C=O) groups is 2. The second-order valence-electron chi connectivity index (χ2n) is 3.20. The van der Waals surface area contributed by atoms with Crippen LogP contribution < -0.4 is 5.32 Å². The van der Waals surface area contributed by atoms with Crippen molar-refractivity contribution in [3.63, 3.8) is 0 Å². The highest BCUT2D eigenvalue weighted by atomic mass is 32.1. The van der Waals surface area contributed by atoms with Crippen LogP contribution in [0.1, 0.15) is 5.69 Å². The first-order chi connectivity index (χ1) is 8.19. The molecule has 2 aromatic rings. The Morgan fingerprint density at radius 2 is 2.12 bits per heavy atom. The van der Waals surface area contributed by atoms with Crippen LogP contribution in [-0.4, -0.2) is 27.1 Å². The van der Waals surface area contributed by atoms with E-state index in [9.17, 15) is 9.59 Å². The molecule has 0 bridgehead atoms. The largest absolute Gasteiger partial charge is 0.292 e. The van der Waals surface area contributed by atoms with Crippen LogP contribution >= 0.6 is 11.3 Å². The lowest BCUT2D eigenvalue weighted by molar-refractivity contribution is -0.127. The zero-order chi connectivity index (χ0) is 12.3. The van der Waals surface area contributed by atoms with E-state index in [2.05, 4.69) is 20.3 Å². The van der Waals surface area contributed by atoms with Gasteiger partial charge in [-0.25, -0.2) is 15.0 Å². The molecule has 17 heavy (non-hydrogen) atoms. The quantitative estimate of drug-likeness (QED) is 0.648. The van der Waals surface area contributed by atoms with Gasteiger partial charge in [0.05, 0.1) is 0 Å². The number of nitrogens with one attached hydrogen (secondary N) is 1. The number of nitrogens with zero attached hydrogens (tertiary/aromatic N) is 3. The van der Waals surface area contributed by atoms with Crippen molar-refractivity contribution in [3.8, 4) is 10.6 Å². The number of aryl methyl sites for hydroxylation is 1. The van der Waals surface area contributed by atoms with E-state index >= 15 is 0 Å². The lowest BCUT2D eigenvalue weighted by Crippen LogP contribution is -2.14. The summed E-state index contributed by atoms with van der Waals surface area (Å²) >= 11 is 1.49. The van der Waals surface area contributed by atoms with Gasteiger partial charge in [-0.15, -0.1) is 11.3 Å². The van der Waals surface area contributed by atoms with E-state index in [0.29, 0.717) is 0 Å². The molecule has 7 heteroatoms. The smallest absolute Gasteiger partial charge is 0.290 e. The Kier molecular flexibility index (Phi) is 3.20. The Hall–Kier alpha value is -2.15. The van der Waals surface area contributed by atoms with Gasteiger partial charge in [0.1, 0.15) is 5.01 Å². The summed E-state index contributed by atoms with van der Waals surface area (Å²) in [6.45, 7) is 1.90. The zero-order valence-electron chi connectivity index (χ0n) is 8.88. The molecule has 0 unspecified atom stereocenters. The third-order valence-electron chi connectivity index (χ3n) is 1.86. The summed E-state index contributed by atoms with van der Waals surface area (Å²) in [6.07, 6.45) is 3.26. The summed E-state index contributed by atoms with van der Waals surface area (Å²) in [5, 5.41) is 4.97. The first-order valence-electron chi connectivity index (χ1n) is 4.70. The Morgan fingerprint density at radius 3 is 2.65 bits per heavy atom. The van der Waals surface area contributed by atoms with Gasteiger partial charge >= 0.3 is 0 Å². The van der Waals surface area contributed by atoms with Crippen molar-refractivity contribution in [2.45, 2.75) is 6.92 Å². The normalized spacial score (nSPS) is 9.94. The molecule has 0 atom stereocenters. The predicted octanol–water partition coefficient (Wildman–Crippen LogP) is 1.05. The van der Waals surface area contributed by atoms with Gasteiger partial charge in [-0.2, -0.15) is 0 Å². The molecule has 1 N–H and O–H groups in total. The van der Waals surface area contributed by atoms with Crippen molar-refractivity contribution in [1.82, 2.24) is 15.0 Å². The van der Waals surface area contributed by atoms with Crippen LogP contribution in [-0.2, 0) is 9.59 Å². The summed E-state index contributed by atoms with van der Waals surface area (Å²) in [6, 6.07) is 0. The van der Waals surface area contributed by atoms with Crippen molar-refractivity contribution >= 4 is 29.5 Å². The average molecular weight is 248 g/mol. The minimum atomic E-state index is -0.775. The van der Waals surface area contributed by atoms with Crippen LogP contribution in [0.3, 0.4) is 0 Å². The first-order valence-corrected chi connectivity index (χ1v) is 5.57. The molecule has 0 saturated heterocycles. The number of thiazole rings is 1. The fourth-order valence-corrected chi connectivity index (χ4v) is 1.90. The molecule has 0 radical (unpaired) electrons. The van der Waals surface area contributed by atoms with E-state index in [4.69, 9.17) is 0 Å². The highest BCUT2D eigenvalue weighted by molar-refractivity contribution is 7.13. The Bertz CT molecular complexity index is 550. The Morgan fingerprint density at radius 1 is 1.41 bits per heavy atom. The molecule has 2 heterocycles. The fraction of sp³-hybridized carbons (Fsp3) is 0.100. The van der Waals surface area contributed by atoms with E-state index in [0.717, 1.165) is 16.3 Å². The molecule has 0 aliphatic rings. The van der Waals surface area contributed by atoms with Gasteiger partial charge in [-0.1, -0.05) is 0 Å². The lowest BCUT2D eigenvalue weighted by atomic mass is 10.3. The number of hydrogen-bond donors (Lipinski definition) is 1. The number of hydrogen-bond acceptors (Lipinski definition) is 6. The van der Waals surface area contributed by atoms with Crippen molar-refractivity contribution in [1.29, 1.82) is 0 Å². The van der Waals surface area contributed by atoms with Gasteiger partial charge in [-0.05, 0) is 6.92 Å². The fourth-order valence-electron chi connectivity index (χ4n) is 1.13.